The number of rotatable bonds is 8. The van der Waals surface area contributed by atoms with Crippen molar-refractivity contribution in [2.45, 2.75) is 13.1 Å². The van der Waals surface area contributed by atoms with Crippen molar-refractivity contribution in [3.05, 3.63) is 94.3 Å². The van der Waals surface area contributed by atoms with Gasteiger partial charge in [0.05, 0.1) is 25.4 Å². The fourth-order valence-corrected chi connectivity index (χ4v) is 3.65. The monoisotopic (exact) mass is 479 g/mol. The molecule has 0 aliphatic carbocycles. The standard InChI is InChI=1S/C26H23F2N3O4/c1-34-20-8-5-19(6-9-20)29-14-17-11-16-3-7-21(35-2)13-24(16)31(26(17)33)15-25(32)30-23-12-18(27)4-10-22(23)28/h3-13,29H,14-15H2,1-2H3,(H,30,32). The first-order valence-corrected chi connectivity index (χ1v) is 10.7. The molecule has 4 rings (SSSR count). The minimum atomic E-state index is -0.781. The lowest BCUT2D eigenvalue weighted by Gasteiger charge is -2.15. The molecule has 0 atom stereocenters. The largest absolute Gasteiger partial charge is 0.497 e. The van der Waals surface area contributed by atoms with E-state index in [9.17, 15) is 18.4 Å². The number of halogens is 2. The second-order valence-corrected chi connectivity index (χ2v) is 7.74. The molecule has 180 valence electrons. The highest BCUT2D eigenvalue weighted by Gasteiger charge is 2.15. The van der Waals surface area contributed by atoms with E-state index in [0.717, 1.165) is 23.9 Å². The van der Waals surface area contributed by atoms with Crippen LogP contribution in [0.1, 0.15) is 5.56 Å². The van der Waals surface area contributed by atoms with Gasteiger partial charge in [0.15, 0.2) is 0 Å². The summed E-state index contributed by atoms with van der Waals surface area (Å²) in [4.78, 5) is 26.1. The van der Waals surface area contributed by atoms with Crippen molar-refractivity contribution >= 4 is 28.2 Å². The number of nitrogens with one attached hydrogen (secondary N) is 2. The second-order valence-electron chi connectivity index (χ2n) is 7.74. The number of amides is 1. The zero-order valence-corrected chi connectivity index (χ0v) is 19.1. The molecule has 0 spiro atoms. The van der Waals surface area contributed by atoms with Gasteiger partial charge in [-0.3, -0.25) is 14.2 Å². The van der Waals surface area contributed by atoms with Crippen molar-refractivity contribution in [2.24, 2.45) is 0 Å². The Balaban J connectivity index is 1.66. The smallest absolute Gasteiger partial charge is 0.256 e. The summed E-state index contributed by atoms with van der Waals surface area (Å²) in [6, 6.07) is 16.9. The van der Waals surface area contributed by atoms with E-state index >= 15 is 0 Å². The molecule has 4 aromatic rings. The van der Waals surface area contributed by atoms with E-state index in [1.54, 1.807) is 43.5 Å². The van der Waals surface area contributed by atoms with Gasteiger partial charge >= 0.3 is 0 Å². The molecular formula is C26H23F2N3O4. The SMILES string of the molecule is COc1ccc(NCc2cc3ccc(OC)cc3n(CC(=O)Nc3cc(F)ccc3F)c2=O)cc1. The predicted molar refractivity (Wildman–Crippen MR) is 130 cm³/mol. The van der Waals surface area contributed by atoms with Gasteiger partial charge in [-0.1, -0.05) is 0 Å². The number of nitrogens with zero attached hydrogens (tertiary/aromatic N) is 1. The normalized spacial score (nSPS) is 10.7. The Morgan fingerprint density at radius 1 is 0.914 bits per heavy atom. The molecule has 0 saturated carbocycles. The van der Waals surface area contributed by atoms with Crippen molar-refractivity contribution in [3.63, 3.8) is 0 Å². The van der Waals surface area contributed by atoms with Crippen molar-refractivity contribution in [1.29, 1.82) is 0 Å². The number of pyridine rings is 1. The average Bonchev–Trinajstić information content (AvgIpc) is 2.87. The molecule has 0 saturated heterocycles. The quantitative estimate of drug-likeness (QED) is 0.388. The Bertz CT molecular complexity index is 1440. The van der Waals surface area contributed by atoms with E-state index in [0.29, 0.717) is 28.0 Å². The summed E-state index contributed by atoms with van der Waals surface area (Å²) in [5, 5.41) is 6.23. The molecule has 2 N–H and O–H groups in total. The zero-order chi connectivity index (χ0) is 24.9. The number of aromatic nitrogens is 1. The van der Waals surface area contributed by atoms with Gasteiger partial charge in [-0.2, -0.15) is 0 Å². The van der Waals surface area contributed by atoms with E-state index in [1.165, 1.54) is 11.7 Å². The lowest BCUT2D eigenvalue weighted by atomic mass is 10.1. The van der Waals surface area contributed by atoms with Gasteiger partial charge in [0.2, 0.25) is 5.91 Å². The topological polar surface area (TPSA) is 81.6 Å². The molecule has 7 nitrogen and oxygen atoms in total. The van der Waals surface area contributed by atoms with Crippen LogP contribution in [0.15, 0.2) is 71.5 Å². The molecule has 9 heteroatoms. The summed E-state index contributed by atoms with van der Waals surface area (Å²) in [5.74, 6) is -0.942. The number of hydrogen-bond donors (Lipinski definition) is 2. The second kappa shape index (κ2) is 10.3. The fraction of sp³-hybridized carbons (Fsp3) is 0.154. The zero-order valence-electron chi connectivity index (χ0n) is 19.1. The van der Waals surface area contributed by atoms with Gasteiger partial charge in [-0.15, -0.1) is 0 Å². The van der Waals surface area contributed by atoms with Crippen LogP contribution < -0.4 is 25.7 Å². The molecule has 1 heterocycles. The maximum absolute atomic E-state index is 14.0. The highest BCUT2D eigenvalue weighted by atomic mass is 19.1. The number of hydrogen-bond acceptors (Lipinski definition) is 5. The van der Waals surface area contributed by atoms with Crippen molar-refractivity contribution in [1.82, 2.24) is 4.57 Å². The summed E-state index contributed by atoms with van der Waals surface area (Å²) < 4.78 is 39.2. The summed E-state index contributed by atoms with van der Waals surface area (Å²) >= 11 is 0. The van der Waals surface area contributed by atoms with Crippen molar-refractivity contribution in [2.75, 3.05) is 24.9 Å². The van der Waals surface area contributed by atoms with Gasteiger partial charge < -0.3 is 20.1 Å². The number of benzene rings is 3. The fourth-order valence-electron chi connectivity index (χ4n) is 3.65. The number of carbonyl (C=O) groups excluding carboxylic acids is 1. The molecule has 1 amide bonds. The number of ether oxygens (including phenoxy) is 2. The third-order valence-corrected chi connectivity index (χ3v) is 5.46. The molecule has 0 radical (unpaired) electrons. The van der Waals surface area contributed by atoms with Crippen LogP contribution in [-0.4, -0.2) is 24.7 Å². The lowest BCUT2D eigenvalue weighted by molar-refractivity contribution is -0.116. The molecule has 0 bridgehead atoms. The predicted octanol–water partition coefficient (Wildman–Crippen LogP) is 4.55. The molecule has 35 heavy (non-hydrogen) atoms. The Morgan fingerprint density at radius 2 is 1.63 bits per heavy atom. The van der Waals surface area contributed by atoms with Crippen LogP contribution in [0.5, 0.6) is 11.5 Å². The van der Waals surface area contributed by atoms with Gasteiger partial charge in [0, 0.05) is 29.9 Å². The van der Waals surface area contributed by atoms with E-state index in [1.807, 2.05) is 12.1 Å². The maximum atomic E-state index is 14.0. The molecule has 3 aromatic carbocycles. The first-order valence-electron chi connectivity index (χ1n) is 10.7. The molecular weight excluding hydrogens is 456 g/mol. The van der Waals surface area contributed by atoms with Gasteiger partial charge in [0.1, 0.15) is 29.7 Å². The first kappa shape index (κ1) is 23.7. The third-order valence-electron chi connectivity index (χ3n) is 5.46. The number of methoxy groups -OCH3 is 2. The van der Waals surface area contributed by atoms with Crippen LogP contribution in [0.3, 0.4) is 0 Å². The molecule has 1 aromatic heterocycles. The minimum absolute atomic E-state index is 0.202. The Labute approximate surface area is 199 Å². The highest BCUT2D eigenvalue weighted by molar-refractivity contribution is 5.92. The number of carbonyl (C=O) groups is 1. The minimum Gasteiger partial charge on any atom is -0.497 e. The van der Waals surface area contributed by atoms with E-state index in [-0.39, 0.29) is 12.2 Å². The average molecular weight is 479 g/mol. The summed E-state index contributed by atoms with van der Waals surface area (Å²) in [5.41, 5.74) is 0.968. The van der Waals surface area contributed by atoms with Crippen LogP contribution >= 0.6 is 0 Å². The summed E-state index contributed by atoms with van der Waals surface area (Å²) in [6.45, 7) is -0.206. The maximum Gasteiger partial charge on any atom is 0.256 e. The molecule has 0 unspecified atom stereocenters. The van der Waals surface area contributed by atoms with Gasteiger partial charge in [-0.05, 0) is 60.0 Å². The van der Waals surface area contributed by atoms with E-state index in [2.05, 4.69) is 10.6 Å². The van der Waals surface area contributed by atoms with Crippen LogP contribution in [0.2, 0.25) is 0 Å². The Kier molecular flexibility index (Phi) is 6.96. The Hall–Kier alpha value is -4.40. The lowest BCUT2D eigenvalue weighted by Crippen LogP contribution is -2.31. The Morgan fingerprint density at radius 3 is 2.34 bits per heavy atom. The van der Waals surface area contributed by atoms with Crippen LogP contribution in [0.25, 0.3) is 10.9 Å². The van der Waals surface area contributed by atoms with Crippen LogP contribution in [0.4, 0.5) is 20.2 Å². The van der Waals surface area contributed by atoms with Crippen LogP contribution in [-0.2, 0) is 17.9 Å². The number of fused-ring (bicyclic) bond motifs is 1. The van der Waals surface area contributed by atoms with Gasteiger partial charge in [-0.25, -0.2) is 8.78 Å². The van der Waals surface area contributed by atoms with Crippen LogP contribution in [0, 0.1) is 11.6 Å². The highest BCUT2D eigenvalue weighted by Crippen LogP contribution is 2.22. The van der Waals surface area contributed by atoms with Gasteiger partial charge in [0.25, 0.3) is 5.56 Å². The first-order chi connectivity index (χ1) is 16.9. The van der Waals surface area contributed by atoms with E-state index in [4.69, 9.17) is 9.47 Å². The molecule has 0 aliphatic heterocycles. The van der Waals surface area contributed by atoms with Crippen molar-refractivity contribution in [3.8, 4) is 11.5 Å². The van der Waals surface area contributed by atoms with E-state index < -0.39 is 29.6 Å². The third kappa shape index (κ3) is 5.40. The number of anilines is 2. The summed E-state index contributed by atoms with van der Waals surface area (Å²) in [7, 11) is 3.07. The summed E-state index contributed by atoms with van der Waals surface area (Å²) in [6.07, 6.45) is 0. The molecule has 0 fully saturated rings. The van der Waals surface area contributed by atoms with Crippen molar-refractivity contribution < 1.29 is 23.0 Å². The molecule has 0 aliphatic rings.